The third kappa shape index (κ3) is 4.33. The van der Waals surface area contributed by atoms with Crippen molar-refractivity contribution in [2.45, 2.75) is 12.8 Å². The minimum absolute atomic E-state index is 0.0520. The molecular formula is C25H18F3NO3. The van der Waals surface area contributed by atoms with Gasteiger partial charge in [0.1, 0.15) is 0 Å². The first-order valence-electron chi connectivity index (χ1n) is 9.70. The van der Waals surface area contributed by atoms with Crippen LogP contribution in [0, 0.1) is 0 Å². The smallest absolute Gasteiger partial charge is 0.416 e. The van der Waals surface area contributed by atoms with E-state index in [1.54, 1.807) is 7.11 Å². The summed E-state index contributed by atoms with van der Waals surface area (Å²) >= 11 is 0. The number of carboxylic acids is 1. The second-order valence-electron chi connectivity index (χ2n) is 7.30. The van der Waals surface area contributed by atoms with Crippen molar-refractivity contribution >= 4 is 16.9 Å². The third-order valence-corrected chi connectivity index (χ3v) is 5.15. The predicted molar refractivity (Wildman–Crippen MR) is 115 cm³/mol. The Labute approximate surface area is 181 Å². The van der Waals surface area contributed by atoms with Crippen LogP contribution in [0.4, 0.5) is 13.2 Å². The van der Waals surface area contributed by atoms with E-state index in [9.17, 15) is 23.1 Å². The lowest BCUT2D eigenvalue weighted by Crippen LogP contribution is -2.06. The van der Waals surface area contributed by atoms with Crippen LogP contribution >= 0.6 is 0 Å². The van der Waals surface area contributed by atoms with Gasteiger partial charge in [-0.05, 0) is 41.0 Å². The molecule has 1 N–H and O–H groups in total. The maximum atomic E-state index is 13.1. The number of carboxylic acid groups (broad SMARTS) is 1. The SMILES string of the molecule is COCc1ccc(-c2ccc(-c3cc(C(=O)O)c4cc(C(F)(F)F)ccc4n3)cc2)cc1. The molecule has 1 aromatic heterocycles. The Morgan fingerprint density at radius 2 is 1.50 bits per heavy atom. The zero-order valence-corrected chi connectivity index (χ0v) is 17.0. The van der Waals surface area contributed by atoms with Crippen LogP contribution in [0.2, 0.25) is 0 Å². The fourth-order valence-electron chi connectivity index (χ4n) is 3.52. The molecule has 32 heavy (non-hydrogen) atoms. The number of pyridine rings is 1. The van der Waals surface area contributed by atoms with E-state index in [1.807, 2.05) is 48.5 Å². The zero-order valence-electron chi connectivity index (χ0n) is 17.0. The van der Waals surface area contributed by atoms with Crippen molar-refractivity contribution in [3.8, 4) is 22.4 Å². The number of rotatable bonds is 5. The predicted octanol–water partition coefficient (Wildman–Crippen LogP) is 6.43. The average molecular weight is 437 g/mol. The second-order valence-corrected chi connectivity index (χ2v) is 7.30. The maximum Gasteiger partial charge on any atom is 0.416 e. The molecule has 1 heterocycles. The molecule has 0 aliphatic carbocycles. The van der Waals surface area contributed by atoms with Gasteiger partial charge in [0.25, 0.3) is 0 Å². The summed E-state index contributed by atoms with van der Waals surface area (Å²) in [5.41, 5.74) is 3.11. The zero-order chi connectivity index (χ0) is 22.9. The highest BCUT2D eigenvalue weighted by Gasteiger charge is 2.31. The second kappa shape index (κ2) is 8.43. The summed E-state index contributed by atoms with van der Waals surface area (Å²) in [5.74, 6) is -1.31. The van der Waals surface area contributed by atoms with Crippen LogP contribution in [0.1, 0.15) is 21.5 Å². The molecule has 0 spiro atoms. The van der Waals surface area contributed by atoms with Gasteiger partial charge in [0, 0.05) is 18.1 Å². The molecule has 4 nitrogen and oxygen atoms in total. The largest absolute Gasteiger partial charge is 0.478 e. The topological polar surface area (TPSA) is 59.4 Å². The molecule has 162 valence electrons. The van der Waals surface area contributed by atoms with Crippen molar-refractivity contribution in [1.82, 2.24) is 4.98 Å². The quantitative estimate of drug-likeness (QED) is 0.391. The number of aromatic carboxylic acids is 1. The standard InChI is InChI=1S/C25H18F3NO3/c1-32-14-15-2-4-16(5-3-15)17-6-8-18(9-7-17)23-13-21(24(30)31)20-12-19(25(26,27)28)10-11-22(20)29-23/h2-13H,14H2,1H3,(H,30,31). The van der Waals surface area contributed by atoms with E-state index in [-0.39, 0.29) is 16.5 Å². The van der Waals surface area contributed by atoms with Crippen LogP contribution in [0.25, 0.3) is 33.3 Å². The summed E-state index contributed by atoms with van der Waals surface area (Å²) in [7, 11) is 1.64. The number of hydrogen-bond acceptors (Lipinski definition) is 3. The molecule has 0 saturated heterocycles. The lowest BCUT2D eigenvalue weighted by molar-refractivity contribution is -0.137. The van der Waals surface area contributed by atoms with E-state index in [1.165, 1.54) is 12.1 Å². The Morgan fingerprint density at radius 3 is 2.06 bits per heavy atom. The number of alkyl halides is 3. The Bertz CT molecular complexity index is 1280. The fraction of sp³-hybridized carbons (Fsp3) is 0.120. The highest BCUT2D eigenvalue weighted by Crippen LogP contribution is 2.33. The molecule has 0 bridgehead atoms. The third-order valence-electron chi connectivity index (χ3n) is 5.15. The lowest BCUT2D eigenvalue weighted by Gasteiger charge is -2.11. The summed E-state index contributed by atoms with van der Waals surface area (Å²) in [6.07, 6.45) is -4.57. The van der Waals surface area contributed by atoms with Crippen molar-refractivity contribution in [1.29, 1.82) is 0 Å². The number of carbonyl (C=O) groups is 1. The fourth-order valence-corrected chi connectivity index (χ4v) is 3.52. The molecule has 0 atom stereocenters. The van der Waals surface area contributed by atoms with E-state index >= 15 is 0 Å². The highest BCUT2D eigenvalue weighted by molar-refractivity contribution is 6.04. The summed E-state index contributed by atoms with van der Waals surface area (Å²) in [6, 6.07) is 19.6. The molecule has 0 unspecified atom stereocenters. The van der Waals surface area contributed by atoms with E-state index in [0.29, 0.717) is 17.9 Å². The molecule has 0 aliphatic rings. The van der Waals surface area contributed by atoms with E-state index in [2.05, 4.69) is 4.98 Å². The summed E-state index contributed by atoms with van der Waals surface area (Å²) in [4.78, 5) is 16.2. The molecule has 7 heteroatoms. The molecular weight excluding hydrogens is 419 g/mol. The first-order chi connectivity index (χ1) is 15.3. The van der Waals surface area contributed by atoms with Crippen LogP contribution in [0.15, 0.2) is 72.8 Å². The van der Waals surface area contributed by atoms with Crippen molar-refractivity contribution < 1.29 is 27.8 Å². The van der Waals surface area contributed by atoms with Crippen molar-refractivity contribution in [2.75, 3.05) is 7.11 Å². The van der Waals surface area contributed by atoms with Crippen molar-refractivity contribution in [3.05, 3.63) is 89.5 Å². The van der Waals surface area contributed by atoms with Gasteiger partial charge in [0.05, 0.1) is 28.9 Å². The van der Waals surface area contributed by atoms with Gasteiger partial charge in [-0.1, -0.05) is 48.5 Å². The molecule has 0 radical (unpaired) electrons. The molecule has 4 aromatic rings. The van der Waals surface area contributed by atoms with Gasteiger partial charge >= 0.3 is 12.1 Å². The Kier molecular flexibility index (Phi) is 5.67. The number of methoxy groups -OCH3 is 1. The van der Waals surface area contributed by atoms with Crippen LogP contribution in [-0.4, -0.2) is 23.2 Å². The number of benzene rings is 3. The monoisotopic (exact) mass is 437 g/mol. The molecule has 3 aromatic carbocycles. The molecule has 0 saturated carbocycles. The minimum Gasteiger partial charge on any atom is -0.478 e. The van der Waals surface area contributed by atoms with Crippen LogP contribution in [-0.2, 0) is 17.5 Å². The van der Waals surface area contributed by atoms with Gasteiger partial charge in [-0.2, -0.15) is 13.2 Å². The van der Waals surface area contributed by atoms with Gasteiger partial charge in [-0.25, -0.2) is 9.78 Å². The molecule has 0 fully saturated rings. The van der Waals surface area contributed by atoms with Crippen LogP contribution in [0.3, 0.4) is 0 Å². The maximum absolute atomic E-state index is 13.1. The van der Waals surface area contributed by atoms with Gasteiger partial charge in [-0.15, -0.1) is 0 Å². The number of nitrogens with zero attached hydrogens (tertiary/aromatic N) is 1. The first kappa shape index (κ1) is 21.5. The van der Waals surface area contributed by atoms with Crippen LogP contribution in [0.5, 0.6) is 0 Å². The normalized spacial score (nSPS) is 11.6. The van der Waals surface area contributed by atoms with Gasteiger partial charge in [-0.3, -0.25) is 0 Å². The number of halogens is 3. The summed E-state index contributed by atoms with van der Waals surface area (Å²) in [5, 5.41) is 9.53. The Morgan fingerprint density at radius 1 is 0.906 bits per heavy atom. The number of fused-ring (bicyclic) bond motifs is 1. The summed E-state index contributed by atoms with van der Waals surface area (Å²) in [6.45, 7) is 0.531. The van der Waals surface area contributed by atoms with E-state index in [4.69, 9.17) is 4.74 Å². The minimum atomic E-state index is -4.57. The summed E-state index contributed by atoms with van der Waals surface area (Å²) < 4.78 is 44.3. The van der Waals surface area contributed by atoms with E-state index < -0.39 is 17.7 Å². The van der Waals surface area contributed by atoms with Gasteiger partial charge in [0.2, 0.25) is 0 Å². The average Bonchev–Trinajstić information content (AvgIpc) is 2.78. The van der Waals surface area contributed by atoms with Gasteiger partial charge < -0.3 is 9.84 Å². The first-order valence-corrected chi connectivity index (χ1v) is 9.70. The Hall–Kier alpha value is -3.71. The van der Waals surface area contributed by atoms with Gasteiger partial charge in [0.15, 0.2) is 0 Å². The van der Waals surface area contributed by atoms with Crippen molar-refractivity contribution in [3.63, 3.8) is 0 Å². The van der Waals surface area contributed by atoms with E-state index in [0.717, 1.165) is 28.8 Å². The molecule has 0 amide bonds. The molecule has 4 rings (SSSR count). The number of hydrogen-bond donors (Lipinski definition) is 1. The highest BCUT2D eigenvalue weighted by atomic mass is 19.4. The van der Waals surface area contributed by atoms with Crippen LogP contribution < -0.4 is 0 Å². The molecule has 0 aliphatic heterocycles. The Balaban J connectivity index is 1.72. The number of aromatic nitrogens is 1. The van der Waals surface area contributed by atoms with Crippen molar-refractivity contribution in [2.24, 2.45) is 0 Å². The number of ether oxygens (including phenoxy) is 1. The lowest BCUT2D eigenvalue weighted by atomic mass is 9.99.